The Hall–Kier alpha value is -2.63. The summed E-state index contributed by atoms with van der Waals surface area (Å²) in [5.41, 5.74) is -0.113. The number of aromatic nitrogens is 1. The van der Waals surface area contributed by atoms with Gasteiger partial charge in [-0.25, -0.2) is 0 Å². The van der Waals surface area contributed by atoms with Crippen molar-refractivity contribution in [3.63, 3.8) is 0 Å². The molecule has 0 saturated carbocycles. The molecule has 3 rings (SSSR count). The first-order valence-corrected chi connectivity index (χ1v) is 7.60. The minimum atomic E-state index is -0.888. The van der Waals surface area contributed by atoms with E-state index >= 15 is 0 Å². The van der Waals surface area contributed by atoms with Gasteiger partial charge in [0, 0.05) is 18.5 Å². The summed E-state index contributed by atoms with van der Waals surface area (Å²) in [7, 11) is 0. The molecule has 2 aromatic rings. The number of hydrogen-bond acceptors (Lipinski definition) is 3. The molecule has 2 unspecified atom stereocenters. The fourth-order valence-electron chi connectivity index (χ4n) is 3.19. The number of amides is 1. The average Bonchev–Trinajstić information content (AvgIpc) is 2.53. The molecule has 1 aliphatic rings. The predicted octanol–water partition coefficient (Wildman–Crippen LogP) is 1.71. The summed E-state index contributed by atoms with van der Waals surface area (Å²) >= 11 is 0. The number of carbonyl (C=O) groups is 2. The third-order valence-corrected chi connectivity index (χ3v) is 4.28. The fourth-order valence-corrected chi connectivity index (χ4v) is 3.19. The van der Waals surface area contributed by atoms with E-state index in [0.29, 0.717) is 23.7 Å². The second-order valence-corrected chi connectivity index (χ2v) is 6.19. The highest BCUT2D eigenvalue weighted by atomic mass is 16.4. The number of nitrogens with one attached hydrogen (secondary N) is 1. The summed E-state index contributed by atoms with van der Waals surface area (Å²) in [4.78, 5) is 40.1. The molecule has 0 bridgehead atoms. The summed E-state index contributed by atoms with van der Waals surface area (Å²) < 4.78 is 0. The number of likely N-dealkylation sites (tertiary alicyclic amines) is 1. The molecule has 2 N–H and O–H groups in total. The van der Waals surface area contributed by atoms with Gasteiger partial charge < -0.3 is 15.0 Å². The minimum absolute atomic E-state index is 0.112. The first-order valence-electron chi connectivity index (χ1n) is 7.60. The number of piperidine rings is 1. The Morgan fingerprint density at radius 1 is 1.26 bits per heavy atom. The van der Waals surface area contributed by atoms with Crippen molar-refractivity contribution in [2.24, 2.45) is 11.8 Å². The van der Waals surface area contributed by atoms with Gasteiger partial charge in [-0.3, -0.25) is 14.4 Å². The second-order valence-electron chi connectivity index (χ2n) is 6.19. The molecule has 0 aliphatic carbocycles. The number of carbonyl (C=O) groups excluding carboxylic acids is 1. The van der Waals surface area contributed by atoms with Crippen molar-refractivity contribution in [2.75, 3.05) is 13.1 Å². The predicted molar refractivity (Wildman–Crippen MR) is 85.4 cm³/mol. The maximum Gasteiger partial charge on any atom is 0.308 e. The number of fused-ring (bicyclic) bond motifs is 1. The van der Waals surface area contributed by atoms with Gasteiger partial charge in [0.15, 0.2) is 0 Å². The van der Waals surface area contributed by atoms with Crippen molar-refractivity contribution in [1.29, 1.82) is 0 Å². The Kier molecular flexibility index (Phi) is 3.90. The third-order valence-electron chi connectivity index (χ3n) is 4.28. The van der Waals surface area contributed by atoms with E-state index in [1.807, 2.05) is 6.92 Å². The molecule has 2 heterocycles. The van der Waals surface area contributed by atoms with E-state index in [-0.39, 0.29) is 29.6 Å². The number of aromatic amines is 1. The molecular formula is C17H18N2O4. The Morgan fingerprint density at radius 3 is 2.74 bits per heavy atom. The van der Waals surface area contributed by atoms with Gasteiger partial charge in [0.25, 0.3) is 11.5 Å². The lowest BCUT2D eigenvalue weighted by atomic mass is 9.90. The maximum atomic E-state index is 12.7. The zero-order chi connectivity index (χ0) is 16.6. The maximum absolute atomic E-state index is 12.7. The Bertz CT molecular complexity index is 827. The molecule has 120 valence electrons. The lowest BCUT2D eigenvalue weighted by molar-refractivity contribution is -0.143. The van der Waals surface area contributed by atoms with Crippen LogP contribution in [0.4, 0.5) is 0 Å². The molecule has 1 aromatic carbocycles. The van der Waals surface area contributed by atoms with Gasteiger partial charge >= 0.3 is 5.97 Å². The monoisotopic (exact) mass is 314 g/mol. The molecule has 1 amide bonds. The molecule has 1 saturated heterocycles. The quantitative estimate of drug-likeness (QED) is 0.883. The van der Waals surface area contributed by atoms with Crippen LogP contribution in [0.25, 0.3) is 10.8 Å². The lowest BCUT2D eigenvalue weighted by Gasteiger charge is -2.34. The van der Waals surface area contributed by atoms with Crippen LogP contribution in [-0.2, 0) is 4.79 Å². The molecule has 0 radical (unpaired) electrons. The highest BCUT2D eigenvalue weighted by Crippen LogP contribution is 2.23. The zero-order valence-corrected chi connectivity index (χ0v) is 12.8. The summed E-state index contributed by atoms with van der Waals surface area (Å²) in [6.45, 7) is 2.60. The second kappa shape index (κ2) is 5.87. The van der Waals surface area contributed by atoms with E-state index in [1.165, 1.54) is 4.90 Å². The number of aliphatic carboxylic acids is 1. The zero-order valence-electron chi connectivity index (χ0n) is 12.8. The number of H-pyrrole nitrogens is 1. The van der Waals surface area contributed by atoms with Crippen LogP contribution in [0, 0.1) is 11.8 Å². The third kappa shape index (κ3) is 2.97. The number of carboxylic acid groups (broad SMARTS) is 1. The number of hydrogen-bond donors (Lipinski definition) is 2. The standard InChI is InChI=1S/C17H18N2O4/c1-10-6-12(17(22)23)9-19(8-10)16(21)14-7-11-4-2-3-5-13(11)15(20)18-14/h2-5,7,10,12H,6,8-9H2,1H3,(H,18,20)(H,22,23). The molecule has 23 heavy (non-hydrogen) atoms. The van der Waals surface area contributed by atoms with Crippen LogP contribution in [0.1, 0.15) is 23.8 Å². The van der Waals surface area contributed by atoms with Crippen LogP contribution in [0.5, 0.6) is 0 Å². The highest BCUT2D eigenvalue weighted by Gasteiger charge is 2.32. The van der Waals surface area contributed by atoms with E-state index in [2.05, 4.69) is 4.98 Å². The summed E-state index contributed by atoms with van der Waals surface area (Å²) in [5, 5.41) is 10.4. The van der Waals surface area contributed by atoms with Crippen molar-refractivity contribution in [1.82, 2.24) is 9.88 Å². The number of pyridine rings is 1. The summed E-state index contributed by atoms with van der Waals surface area (Å²) in [6.07, 6.45) is 0.563. The van der Waals surface area contributed by atoms with Crippen molar-refractivity contribution in [2.45, 2.75) is 13.3 Å². The molecule has 0 spiro atoms. The molecule has 1 aliphatic heterocycles. The van der Waals surface area contributed by atoms with Crippen molar-refractivity contribution in [3.05, 3.63) is 46.4 Å². The van der Waals surface area contributed by atoms with E-state index in [0.717, 1.165) is 0 Å². The van der Waals surface area contributed by atoms with Gasteiger partial charge in [0.05, 0.1) is 5.92 Å². The molecule has 2 atom stereocenters. The fraction of sp³-hybridized carbons (Fsp3) is 0.353. The lowest BCUT2D eigenvalue weighted by Crippen LogP contribution is -2.46. The SMILES string of the molecule is CC1CC(C(=O)O)CN(C(=O)c2cc3ccccc3c(=O)[nH]2)C1. The smallest absolute Gasteiger partial charge is 0.308 e. The van der Waals surface area contributed by atoms with Gasteiger partial charge in [0.2, 0.25) is 0 Å². The molecule has 6 heteroatoms. The molecular weight excluding hydrogens is 296 g/mol. The van der Waals surface area contributed by atoms with Gasteiger partial charge in [-0.05, 0) is 29.9 Å². The Balaban J connectivity index is 1.93. The topological polar surface area (TPSA) is 90.5 Å². The molecule has 6 nitrogen and oxygen atoms in total. The number of nitrogens with zero attached hydrogens (tertiary/aromatic N) is 1. The van der Waals surface area contributed by atoms with Crippen LogP contribution in [0.3, 0.4) is 0 Å². The summed E-state index contributed by atoms with van der Waals surface area (Å²) in [6, 6.07) is 8.70. The van der Waals surface area contributed by atoms with Crippen LogP contribution in [-0.4, -0.2) is 40.0 Å². The average molecular weight is 314 g/mol. The Morgan fingerprint density at radius 2 is 2.00 bits per heavy atom. The van der Waals surface area contributed by atoms with Crippen molar-refractivity contribution in [3.8, 4) is 0 Å². The van der Waals surface area contributed by atoms with Gasteiger partial charge in [-0.2, -0.15) is 0 Å². The number of benzene rings is 1. The van der Waals surface area contributed by atoms with E-state index in [9.17, 15) is 19.5 Å². The largest absolute Gasteiger partial charge is 0.481 e. The van der Waals surface area contributed by atoms with Crippen LogP contribution >= 0.6 is 0 Å². The van der Waals surface area contributed by atoms with Crippen molar-refractivity contribution < 1.29 is 14.7 Å². The van der Waals surface area contributed by atoms with E-state index in [4.69, 9.17) is 0 Å². The Labute approximate surface area is 132 Å². The van der Waals surface area contributed by atoms with E-state index in [1.54, 1.807) is 30.3 Å². The van der Waals surface area contributed by atoms with Gasteiger partial charge in [0.1, 0.15) is 5.69 Å². The first-order chi connectivity index (χ1) is 11.0. The van der Waals surface area contributed by atoms with Gasteiger partial charge in [-0.15, -0.1) is 0 Å². The number of rotatable bonds is 2. The number of carboxylic acids is 1. The van der Waals surface area contributed by atoms with E-state index < -0.39 is 11.9 Å². The summed E-state index contributed by atoms with van der Waals surface area (Å²) in [5.74, 6) is -1.66. The van der Waals surface area contributed by atoms with Gasteiger partial charge in [-0.1, -0.05) is 25.1 Å². The highest BCUT2D eigenvalue weighted by molar-refractivity contribution is 5.96. The molecule has 1 fully saturated rings. The molecule has 1 aromatic heterocycles. The van der Waals surface area contributed by atoms with Crippen LogP contribution < -0.4 is 5.56 Å². The first kappa shape index (κ1) is 15.3. The minimum Gasteiger partial charge on any atom is -0.481 e. The van der Waals surface area contributed by atoms with Crippen LogP contribution in [0.15, 0.2) is 35.1 Å². The van der Waals surface area contributed by atoms with Crippen molar-refractivity contribution >= 4 is 22.6 Å². The van der Waals surface area contributed by atoms with Crippen LogP contribution in [0.2, 0.25) is 0 Å². The normalized spacial score (nSPS) is 21.3.